The lowest BCUT2D eigenvalue weighted by Gasteiger charge is -2.38. The van der Waals surface area contributed by atoms with Crippen molar-refractivity contribution in [2.45, 2.75) is 46.1 Å². The molecule has 106 valence electrons. The van der Waals surface area contributed by atoms with Crippen molar-refractivity contribution in [2.24, 2.45) is 5.41 Å². The second-order valence-electron chi connectivity index (χ2n) is 5.68. The van der Waals surface area contributed by atoms with E-state index < -0.39 is 16.9 Å². The lowest BCUT2D eigenvalue weighted by Crippen LogP contribution is -2.57. The summed E-state index contributed by atoms with van der Waals surface area (Å²) in [5.74, 6) is -0.384. The fraction of sp³-hybridized carbons (Fsp3) is 0.571. The lowest BCUT2D eigenvalue weighted by molar-refractivity contribution is -0.151. The van der Waals surface area contributed by atoms with Crippen molar-refractivity contribution in [1.82, 2.24) is 5.32 Å². The van der Waals surface area contributed by atoms with E-state index >= 15 is 0 Å². The van der Waals surface area contributed by atoms with Crippen molar-refractivity contribution >= 4 is 11.9 Å². The van der Waals surface area contributed by atoms with Gasteiger partial charge in [-0.1, -0.05) is 0 Å². The minimum absolute atomic E-state index is 0.185. The van der Waals surface area contributed by atoms with Gasteiger partial charge in [-0.05, 0) is 39.8 Å². The molecule has 1 amide bonds. The summed E-state index contributed by atoms with van der Waals surface area (Å²) < 4.78 is 5.15. The first kappa shape index (κ1) is 15.3. The van der Waals surface area contributed by atoms with E-state index in [0.29, 0.717) is 6.42 Å². The van der Waals surface area contributed by atoms with E-state index in [2.05, 4.69) is 5.32 Å². The molecule has 0 saturated heterocycles. The van der Waals surface area contributed by atoms with Gasteiger partial charge in [-0.25, -0.2) is 0 Å². The van der Waals surface area contributed by atoms with Crippen molar-refractivity contribution in [3.8, 4) is 0 Å². The Hall–Kier alpha value is -1.78. The van der Waals surface area contributed by atoms with Crippen LogP contribution < -0.4 is 5.32 Å². The molecule has 5 nitrogen and oxygen atoms in total. The number of carboxylic acid groups (broad SMARTS) is 1. The first-order valence-corrected chi connectivity index (χ1v) is 6.23. The monoisotopic (exact) mass is 267 g/mol. The molecule has 0 unspecified atom stereocenters. The zero-order valence-electron chi connectivity index (χ0n) is 11.8. The number of carboxylic acids is 1. The first-order valence-electron chi connectivity index (χ1n) is 6.23. The van der Waals surface area contributed by atoms with E-state index in [0.717, 1.165) is 5.76 Å². The molecule has 0 aliphatic rings. The molecule has 1 aromatic rings. The molecule has 0 atom stereocenters. The molecule has 0 fully saturated rings. The van der Waals surface area contributed by atoms with Crippen LogP contribution in [0.25, 0.3) is 0 Å². The summed E-state index contributed by atoms with van der Waals surface area (Å²) in [7, 11) is 0. The number of carbonyl (C=O) groups excluding carboxylic acids is 1. The van der Waals surface area contributed by atoms with Gasteiger partial charge in [0.15, 0.2) is 0 Å². The molecule has 1 aromatic heterocycles. The Balaban J connectivity index is 2.58. The van der Waals surface area contributed by atoms with Gasteiger partial charge in [0.25, 0.3) is 0 Å². The number of carbonyl (C=O) groups is 2. The summed E-state index contributed by atoms with van der Waals surface area (Å²) in [6.07, 6.45) is 2.33. The molecule has 0 aliphatic carbocycles. The average Bonchev–Trinajstić information content (AvgIpc) is 2.78. The standard InChI is InChI=1S/C14H21NO4/c1-13(2,12(17)18)14(3,4)15-11(16)8-7-10-6-5-9-19-10/h5-6,9H,7-8H2,1-4H3,(H,15,16)(H,17,18). The van der Waals surface area contributed by atoms with Crippen molar-refractivity contribution in [3.63, 3.8) is 0 Å². The Morgan fingerprint density at radius 2 is 1.95 bits per heavy atom. The van der Waals surface area contributed by atoms with Gasteiger partial charge in [0.2, 0.25) is 5.91 Å². The number of amides is 1. The molecule has 0 spiro atoms. The summed E-state index contributed by atoms with van der Waals surface area (Å²) in [5.41, 5.74) is -1.88. The maximum absolute atomic E-state index is 11.9. The van der Waals surface area contributed by atoms with Crippen LogP contribution in [0.1, 0.15) is 39.9 Å². The van der Waals surface area contributed by atoms with Crippen molar-refractivity contribution < 1.29 is 19.1 Å². The van der Waals surface area contributed by atoms with E-state index in [9.17, 15) is 14.7 Å². The van der Waals surface area contributed by atoms with Crippen LogP contribution >= 0.6 is 0 Å². The van der Waals surface area contributed by atoms with Crippen LogP contribution in [0.15, 0.2) is 22.8 Å². The fourth-order valence-electron chi connectivity index (χ4n) is 1.53. The molecule has 0 radical (unpaired) electrons. The van der Waals surface area contributed by atoms with Crippen LogP contribution in [0.2, 0.25) is 0 Å². The Morgan fingerprint density at radius 3 is 2.42 bits per heavy atom. The van der Waals surface area contributed by atoms with Gasteiger partial charge in [0.05, 0.1) is 11.7 Å². The number of nitrogens with one attached hydrogen (secondary N) is 1. The summed E-state index contributed by atoms with van der Waals surface area (Å²) in [6.45, 7) is 6.63. The zero-order valence-corrected chi connectivity index (χ0v) is 11.8. The van der Waals surface area contributed by atoms with E-state index in [1.807, 2.05) is 0 Å². The summed E-state index contributed by atoms with van der Waals surface area (Å²) >= 11 is 0. The normalized spacial score (nSPS) is 12.2. The Labute approximate surface area is 113 Å². The molecule has 0 saturated carbocycles. The maximum atomic E-state index is 11.9. The van der Waals surface area contributed by atoms with Gasteiger partial charge < -0.3 is 14.8 Å². The fourth-order valence-corrected chi connectivity index (χ4v) is 1.53. The zero-order chi connectivity index (χ0) is 14.7. The molecular weight excluding hydrogens is 246 g/mol. The van der Waals surface area contributed by atoms with Crippen molar-refractivity contribution in [3.05, 3.63) is 24.2 Å². The van der Waals surface area contributed by atoms with Crippen LogP contribution in [0.5, 0.6) is 0 Å². The Morgan fingerprint density at radius 1 is 1.32 bits per heavy atom. The number of hydrogen-bond acceptors (Lipinski definition) is 3. The molecule has 0 aliphatic heterocycles. The van der Waals surface area contributed by atoms with Crippen LogP contribution in [0, 0.1) is 5.41 Å². The lowest BCUT2D eigenvalue weighted by atomic mass is 9.74. The quantitative estimate of drug-likeness (QED) is 0.828. The molecule has 0 bridgehead atoms. The molecule has 1 rings (SSSR count). The Kier molecular flexibility index (Phi) is 4.39. The SMILES string of the molecule is CC(C)(NC(=O)CCc1ccco1)C(C)(C)C(=O)O. The van der Waals surface area contributed by atoms with E-state index in [4.69, 9.17) is 4.42 Å². The minimum Gasteiger partial charge on any atom is -0.481 e. The number of aryl methyl sites for hydroxylation is 1. The van der Waals surface area contributed by atoms with Crippen LogP contribution in [-0.4, -0.2) is 22.5 Å². The van der Waals surface area contributed by atoms with Gasteiger partial charge in [-0.3, -0.25) is 9.59 Å². The molecule has 0 aromatic carbocycles. The van der Waals surface area contributed by atoms with Crippen LogP contribution in [0.3, 0.4) is 0 Å². The van der Waals surface area contributed by atoms with Gasteiger partial charge in [-0.2, -0.15) is 0 Å². The van der Waals surface area contributed by atoms with Gasteiger partial charge in [-0.15, -0.1) is 0 Å². The summed E-state index contributed by atoms with van der Waals surface area (Å²) in [5, 5.41) is 12.0. The van der Waals surface area contributed by atoms with Gasteiger partial charge in [0, 0.05) is 18.4 Å². The average molecular weight is 267 g/mol. The molecule has 1 heterocycles. The summed E-state index contributed by atoms with van der Waals surface area (Å²) in [4.78, 5) is 23.1. The predicted octanol–water partition coefficient (Wildman–Crippen LogP) is 2.22. The van der Waals surface area contributed by atoms with Crippen molar-refractivity contribution in [1.29, 1.82) is 0 Å². The van der Waals surface area contributed by atoms with E-state index in [1.54, 1.807) is 46.1 Å². The van der Waals surface area contributed by atoms with E-state index in [-0.39, 0.29) is 12.3 Å². The molecular formula is C14H21NO4. The summed E-state index contributed by atoms with van der Waals surface area (Å²) in [6, 6.07) is 3.57. The second kappa shape index (κ2) is 5.47. The van der Waals surface area contributed by atoms with Crippen LogP contribution in [-0.2, 0) is 16.0 Å². The smallest absolute Gasteiger partial charge is 0.311 e. The van der Waals surface area contributed by atoms with Crippen molar-refractivity contribution in [2.75, 3.05) is 0 Å². The van der Waals surface area contributed by atoms with Crippen LogP contribution in [0.4, 0.5) is 0 Å². The minimum atomic E-state index is -1.05. The van der Waals surface area contributed by atoms with Gasteiger partial charge >= 0.3 is 5.97 Å². The number of aliphatic carboxylic acids is 1. The number of furan rings is 1. The number of hydrogen-bond donors (Lipinski definition) is 2. The molecule has 5 heteroatoms. The third kappa shape index (κ3) is 3.59. The Bertz CT molecular complexity index is 446. The third-order valence-corrected chi connectivity index (χ3v) is 3.73. The highest BCUT2D eigenvalue weighted by molar-refractivity contribution is 5.80. The molecule has 19 heavy (non-hydrogen) atoms. The van der Waals surface area contributed by atoms with E-state index in [1.165, 1.54) is 0 Å². The van der Waals surface area contributed by atoms with Gasteiger partial charge in [0.1, 0.15) is 5.76 Å². The highest BCUT2D eigenvalue weighted by Crippen LogP contribution is 2.30. The number of rotatable bonds is 6. The first-order chi connectivity index (χ1) is 8.67. The topological polar surface area (TPSA) is 79.5 Å². The predicted molar refractivity (Wildman–Crippen MR) is 70.7 cm³/mol. The third-order valence-electron chi connectivity index (χ3n) is 3.73. The highest BCUT2D eigenvalue weighted by Gasteiger charge is 2.44. The molecule has 2 N–H and O–H groups in total. The maximum Gasteiger partial charge on any atom is 0.311 e. The largest absolute Gasteiger partial charge is 0.481 e. The highest BCUT2D eigenvalue weighted by atomic mass is 16.4. The second-order valence-corrected chi connectivity index (χ2v) is 5.68.